The van der Waals surface area contributed by atoms with Crippen LogP contribution in [0.2, 0.25) is 0 Å². The molecule has 3 nitrogen and oxygen atoms in total. The van der Waals surface area contributed by atoms with Gasteiger partial charge in [-0.25, -0.2) is 4.39 Å². The number of halogens is 1. The van der Waals surface area contributed by atoms with Crippen LogP contribution in [0.25, 0.3) is 11.3 Å². The predicted octanol–water partition coefficient (Wildman–Crippen LogP) is 1.92. The Labute approximate surface area is 98.1 Å². The van der Waals surface area contributed by atoms with Gasteiger partial charge in [-0.2, -0.15) is 0 Å². The number of hydrogen-bond donors (Lipinski definition) is 1. The highest BCUT2D eigenvalue weighted by molar-refractivity contribution is 5.79. The lowest BCUT2D eigenvalue weighted by Crippen LogP contribution is -2.14. The van der Waals surface area contributed by atoms with E-state index in [2.05, 4.69) is 4.98 Å². The normalized spacial score (nSPS) is 10.2. The summed E-state index contributed by atoms with van der Waals surface area (Å²) in [5.41, 5.74) is 6.62. The maximum atomic E-state index is 13.6. The van der Waals surface area contributed by atoms with Gasteiger partial charge in [0.05, 0.1) is 12.1 Å². The molecule has 0 saturated heterocycles. The van der Waals surface area contributed by atoms with Crippen LogP contribution in [0, 0.1) is 5.82 Å². The number of rotatable bonds is 3. The zero-order valence-electron chi connectivity index (χ0n) is 9.06. The molecule has 17 heavy (non-hydrogen) atoms. The van der Waals surface area contributed by atoms with Gasteiger partial charge in [0, 0.05) is 11.8 Å². The standard InChI is InChI=1S/C13H11FN2O/c14-11-6-2-1-5-10(11)13-9(8-12(15)17)4-3-7-16-13/h1-7H,8H2,(H2,15,17). The molecule has 86 valence electrons. The van der Waals surface area contributed by atoms with Crippen molar-refractivity contribution in [3.05, 3.63) is 54.0 Å². The molecule has 0 bridgehead atoms. The first-order valence-electron chi connectivity index (χ1n) is 5.15. The van der Waals surface area contributed by atoms with Gasteiger partial charge in [-0.05, 0) is 23.8 Å². The monoisotopic (exact) mass is 230 g/mol. The smallest absolute Gasteiger partial charge is 0.221 e. The molecule has 0 radical (unpaired) electrons. The van der Waals surface area contributed by atoms with Crippen molar-refractivity contribution in [1.29, 1.82) is 0 Å². The Morgan fingerprint density at radius 1 is 1.24 bits per heavy atom. The van der Waals surface area contributed by atoms with Gasteiger partial charge in [0.2, 0.25) is 5.91 Å². The van der Waals surface area contributed by atoms with Crippen molar-refractivity contribution in [1.82, 2.24) is 4.98 Å². The summed E-state index contributed by atoms with van der Waals surface area (Å²) in [6.07, 6.45) is 1.61. The van der Waals surface area contributed by atoms with Crippen molar-refractivity contribution in [2.75, 3.05) is 0 Å². The maximum Gasteiger partial charge on any atom is 0.221 e. The Kier molecular flexibility index (Phi) is 3.14. The molecule has 0 aliphatic rings. The Morgan fingerprint density at radius 3 is 2.71 bits per heavy atom. The molecule has 0 unspecified atom stereocenters. The predicted molar refractivity (Wildman–Crippen MR) is 62.5 cm³/mol. The van der Waals surface area contributed by atoms with Gasteiger partial charge >= 0.3 is 0 Å². The fraction of sp³-hybridized carbons (Fsp3) is 0.0769. The van der Waals surface area contributed by atoms with Gasteiger partial charge < -0.3 is 5.73 Å². The van der Waals surface area contributed by atoms with Gasteiger partial charge in [0.15, 0.2) is 0 Å². The Hall–Kier alpha value is -2.23. The summed E-state index contributed by atoms with van der Waals surface area (Å²) in [7, 11) is 0. The highest BCUT2D eigenvalue weighted by Crippen LogP contribution is 2.24. The van der Waals surface area contributed by atoms with Crippen LogP contribution in [0.15, 0.2) is 42.6 Å². The number of amides is 1. The van der Waals surface area contributed by atoms with Gasteiger partial charge in [0.25, 0.3) is 0 Å². The second-order valence-electron chi connectivity index (χ2n) is 3.63. The van der Waals surface area contributed by atoms with Crippen LogP contribution in [0.5, 0.6) is 0 Å². The first kappa shape index (κ1) is 11.3. The van der Waals surface area contributed by atoms with Crippen molar-refractivity contribution in [2.24, 2.45) is 5.73 Å². The lowest BCUT2D eigenvalue weighted by molar-refractivity contribution is -0.117. The molecular weight excluding hydrogens is 219 g/mol. The van der Waals surface area contributed by atoms with E-state index in [1.54, 1.807) is 36.5 Å². The molecule has 1 amide bonds. The zero-order chi connectivity index (χ0) is 12.3. The number of pyridine rings is 1. The third-order valence-electron chi connectivity index (χ3n) is 2.38. The number of benzene rings is 1. The van der Waals surface area contributed by atoms with E-state index >= 15 is 0 Å². The number of nitrogens with zero attached hydrogens (tertiary/aromatic N) is 1. The third-order valence-corrected chi connectivity index (χ3v) is 2.38. The highest BCUT2D eigenvalue weighted by atomic mass is 19.1. The average Bonchev–Trinajstić information content (AvgIpc) is 2.30. The minimum absolute atomic E-state index is 0.0531. The zero-order valence-corrected chi connectivity index (χ0v) is 9.06. The van der Waals surface area contributed by atoms with Crippen LogP contribution < -0.4 is 5.73 Å². The lowest BCUT2D eigenvalue weighted by atomic mass is 10.0. The fourth-order valence-corrected chi connectivity index (χ4v) is 1.66. The van der Waals surface area contributed by atoms with E-state index in [4.69, 9.17) is 5.73 Å². The van der Waals surface area contributed by atoms with E-state index in [0.29, 0.717) is 16.8 Å². The molecule has 1 aromatic carbocycles. The summed E-state index contributed by atoms with van der Waals surface area (Å²) in [5.74, 6) is -0.826. The van der Waals surface area contributed by atoms with Crippen molar-refractivity contribution in [2.45, 2.75) is 6.42 Å². The van der Waals surface area contributed by atoms with E-state index in [1.165, 1.54) is 6.07 Å². The number of hydrogen-bond acceptors (Lipinski definition) is 2. The molecular formula is C13H11FN2O. The van der Waals surface area contributed by atoms with Crippen molar-refractivity contribution < 1.29 is 9.18 Å². The Morgan fingerprint density at radius 2 is 2.00 bits per heavy atom. The molecule has 0 aliphatic carbocycles. The van der Waals surface area contributed by atoms with Crippen LogP contribution >= 0.6 is 0 Å². The molecule has 1 aromatic heterocycles. The summed E-state index contributed by atoms with van der Waals surface area (Å²) >= 11 is 0. The van der Waals surface area contributed by atoms with Gasteiger partial charge in [-0.1, -0.05) is 18.2 Å². The molecule has 2 rings (SSSR count). The van der Waals surface area contributed by atoms with E-state index in [9.17, 15) is 9.18 Å². The van der Waals surface area contributed by atoms with E-state index in [0.717, 1.165) is 0 Å². The molecule has 2 aromatic rings. The number of carbonyl (C=O) groups excluding carboxylic acids is 1. The quantitative estimate of drug-likeness (QED) is 0.875. The number of primary amides is 1. The van der Waals surface area contributed by atoms with Crippen LogP contribution in [-0.4, -0.2) is 10.9 Å². The minimum Gasteiger partial charge on any atom is -0.369 e. The molecule has 0 atom stereocenters. The second-order valence-corrected chi connectivity index (χ2v) is 3.63. The van der Waals surface area contributed by atoms with Crippen LogP contribution in [0.4, 0.5) is 4.39 Å². The lowest BCUT2D eigenvalue weighted by Gasteiger charge is -2.07. The second kappa shape index (κ2) is 4.74. The van der Waals surface area contributed by atoms with Crippen LogP contribution in [-0.2, 0) is 11.2 Å². The van der Waals surface area contributed by atoms with Crippen LogP contribution in [0.3, 0.4) is 0 Å². The average molecular weight is 230 g/mol. The molecule has 0 aliphatic heterocycles. The topological polar surface area (TPSA) is 56.0 Å². The third kappa shape index (κ3) is 2.47. The maximum absolute atomic E-state index is 13.6. The summed E-state index contributed by atoms with van der Waals surface area (Å²) in [6, 6.07) is 9.74. The Balaban J connectivity index is 2.52. The Bertz CT molecular complexity index is 555. The molecule has 4 heteroatoms. The largest absolute Gasteiger partial charge is 0.369 e. The molecule has 0 fully saturated rings. The summed E-state index contributed by atoms with van der Waals surface area (Å²) in [5, 5.41) is 0. The minimum atomic E-state index is -0.462. The van der Waals surface area contributed by atoms with Crippen molar-refractivity contribution >= 4 is 5.91 Å². The van der Waals surface area contributed by atoms with Gasteiger partial charge in [-0.15, -0.1) is 0 Å². The highest BCUT2D eigenvalue weighted by Gasteiger charge is 2.11. The first-order valence-corrected chi connectivity index (χ1v) is 5.15. The van der Waals surface area contributed by atoms with Crippen molar-refractivity contribution in [3.63, 3.8) is 0 Å². The summed E-state index contributed by atoms with van der Waals surface area (Å²) in [6.45, 7) is 0. The number of nitrogens with two attached hydrogens (primary N) is 1. The number of aromatic nitrogens is 1. The van der Waals surface area contributed by atoms with Gasteiger partial charge in [0.1, 0.15) is 5.82 Å². The summed E-state index contributed by atoms with van der Waals surface area (Å²) < 4.78 is 13.6. The van der Waals surface area contributed by atoms with E-state index < -0.39 is 5.91 Å². The SMILES string of the molecule is NC(=O)Cc1cccnc1-c1ccccc1F. The molecule has 1 heterocycles. The molecule has 0 saturated carbocycles. The van der Waals surface area contributed by atoms with Gasteiger partial charge in [-0.3, -0.25) is 9.78 Å². The number of carbonyl (C=O) groups is 1. The van der Waals surface area contributed by atoms with E-state index in [1.807, 2.05) is 0 Å². The first-order chi connectivity index (χ1) is 8.18. The summed E-state index contributed by atoms with van der Waals surface area (Å²) in [4.78, 5) is 15.1. The molecule has 2 N–H and O–H groups in total. The van der Waals surface area contributed by atoms with Crippen molar-refractivity contribution in [3.8, 4) is 11.3 Å². The molecule has 0 spiro atoms. The van der Waals surface area contributed by atoms with Crippen LogP contribution in [0.1, 0.15) is 5.56 Å². The fourth-order valence-electron chi connectivity index (χ4n) is 1.66. The van der Waals surface area contributed by atoms with E-state index in [-0.39, 0.29) is 12.2 Å².